The lowest BCUT2D eigenvalue weighted by atomic mass is 9.76. The van der Waals surface area contributed by atoms with E-state index >= 15 is 0 Å². The summed E-state index contributed by atoms with van der Waals surface area (Å²) in [6, 6.07) is 18.2. The van der Waals surface area contributed by atoms with E-state index in [1.54, 1.807) is 36.4 Å². The lowest BCUT2D eigenvalue weighted by Gasteiger charge is -2.55. The molecule has 0 aliphatic carbocycles. The van der Waals surface area contributed by atoms with Crippen LogP contribution < -0.4 is 9.47 Å². The number of sulfonamides is 1. The van der Waals surface area contributed by atoms with Gasteiger partial charge in [0.2, 0.25) is 0 Å². The van der Waals surface area contributed by atoms with Gasteiger partial charge in [-0.05, 0) is 42.0 Å². The highest BCUT2D eigenvalue weighted by Gasteiger charge is 2.70. The van der Waals surface area contributed by atoms with Crippen LogP contribution >= 0.6 is 0 Å². The summed E-state index contributed by atoms with van der Waals surface area (Å²) >= 11 is 0. The zero-order valence-electron chi connectivity index (χ0n) is 23.0. The van der Waals surface area contributed by atoms with Crippen molar-refractivity contribution in [3.05, 3.63) is 106 Å². The SMILES string of the molecule is COc1cccc(C2N(S(=O)(=O)c3ccc4ccccc4c3)C(=O)C2(C)N2C(=O)c3cccc([N+](=O)[O-])c3C2=O)c1OC. The maximum absolute atomic E-state index is 14.2. The predicted molar refractivity (Wildman–Crippen MR) is 152 cm³/mol. The fourth-order valence-electron chi connectivity index (χ4n) is 5.92. The van der Waals surface area contributed by atoms with E-state index in [0.717, 1.165) is 11.5 Å². The standard InChI is InChI=1S/C30H23N3O9S/c1-30(31-27(34)20-10-6-12-22(33(37)38)24(20)28(31)35)26(21-11-7-13-23(41-2)25(21)42-3)32(29(30)36)43(39,40)19-15-14-17-8-4-5-9-18(17)16-19/h4-16,26H,1-3H3. The summed E-state index contributed by atoms with van der Waals surface area (Å²) in [6.45, 7) is 1.26. The van der Waals surface area contributed by atoms with E-state index in [1.165, 1.54) is 51.5 Å². The van der Waals surface area contributed by atoms with Crippen LogP contribution in [0.25, 0.3) is 10.8 Å². The van der Waals surface area contributed by atoms with E-state index in [0.29, 0.717) is 14.6 Å². The van der Waals surface area contributed by atoms with Gasteiger partial charge in [-0.25, -0.2) is 12.7 Å². The molecule has 4 aromatic carbocycles. The molecule has 0 saturated carbocycles. The lowest BCUT2D eigenvalue weighted by molar-refractivity contribution is -0.385. The second-order valence-electron chi connectivity index (χ2n) is 10.2. The number of β-lactam (4-membered cyclic amide) rings is 1. The van der Waals surface area contributed by atoms with Crippen molar-refractivity contribution < 1.29 is 37.2 Å². The minimum absolute atomic E-state index is 0.0787. The molecule has 2 aliphatic heterocycles. The van der Waals surface area contributed by atoms with Crippen molar-refractivity contribution >= 4 is 44.2 Å². The van der Waals surface area contributed by atoms with Gasteiger partial charge in [-0.15, -0.1) is 0 Å². The van der Waals surface area contributed by atoms with Crippen molar-refractivity contribution in [3.8, 4) is 11.5 Å². The molecule has 13 heteroatoms. The van der Waals surface area contributed by atoms with Crippen LogP contribution in [0.15, 0.2) is 83.8 Å². The second kappa shape index (κ2) is 9.63. The summed E-state index contributed by atoms with van der Waals surface area (Å²) < 4.78 is 40.0. The summed E-state index contributed by atoms with van der Waals surface area (Å²) in [5.74, 6) is -2.84. The zero-order chi connectivity index (χ0) is 30.8. The summed E-state index contributed by atoms with van der Waals surface area (Å²) in [6.07, 6.45) is 0. The zero-order valence-corrected chi connectivity index (χ0v) is 23.8. The number of amides is 3. The number of para-hydroxylation sites is 1. The second-order valence-corrected chi connectivity index (χ2v) is 12.0. The van der Waals surface area contributed by atoms with Gasteiger partial charge in [0.05, 0.1) is 29.6 Å². The van der Waals surface area contributed by atoms with Gasteiger partial charge in [0, 0.05) is 11.6 Å². The molecule has 2 atom stereocenters. The van der Waals surface area contributed by atoms with Gasteiger partial charge in [-0.3, -0.25) is 29.4 Å². The number of carbonyl (C=O) groups is 3. The Morgan fingerprint density at radius 2 is 1.56 bits per heavy atom. The van der Waals surface area contributed by atoms with E-state index in [4.69, 9.17) is 9.47 Å². The highest BCUT2D eigenvalue weighted by Crippen LogP contribution is 2.55. The third kappa shape index (κ3) is 3.74. The van der Waals surface area contributed by atoms with E-state index in [2.05, 4.69) is 0 Å². The number of fused-ring (bicyclic) bond motifs is 2. The van der Waals surface area contributed by atoms with Crippen LogP contribution in [0.5, 0.6) is 11.5 Å². The molecular formula is C30H23N3O9S. The highest BCUT2D eigenvalue weighted by molar-refractivity contribution is 7.89. The van der Waals surface area contributed by atoms with Crippen molar-refractivity contribution in [2.45, 2.75) is 23.4 Å². The quantitative estimate of drug-likeness (QED) is 0.132. The molecule has 0 bridgehead atoms. The van der Waals surface area contributed by atoms with Gasteiger partial charge in [0.1, 0.15) is 11.6 Å². The Morgan fingerprint density at radius 1 is 0.860 bits per heavy atom. The Bertz CT molecular complexity index is 2010. The van der Waals surface area contributed by atoms with Crippen molar-refractivity contribution in [1.82, 2.24) is 9.21 Å². The fraction of sp³-hybridized carbons (Fsp3) is 0.167. The van der Waals surface area contributed by atoms with Crippen molar-refractivity contribution in [2.24, 2.45) is 0 Å². The normalized spacial score (nSPS) is 19.8. The minimum atomic E-state index is -4.58. The summed E-state index contributed by atoms with van der Waals surface area (Å²) in [7, 11) is -1.88. The molecule has 2 aliphatic rings. The smallest absolute Gasteiger partial charge is 0.282 e. The van der Waals surface area contributed by atoms with Crippen molar-refractivity contribution in [2.75, 3.05) is 14.2 Å². The first-order valence-corrected chi connectivity index (χ1v) is 14.4. The molecular weight excluding hydrogens is 578 g/mol. The molecule has 12 nitrogen and oxygen atoms in total. The van der Waals surface area contributed by atoms with Gasteiger partial charge < -0.3 is 9.47 Å². The summed E-state index contributed by atoms with van der Waals surface area (Å²) in [4.78, 5) is 53.0. The third-order valence-electron chi connectivity index (χ3n) is 7.96. The molecule has 43 heavy (non-hydrogen) atoms. The Kier molecular flexibility index (Phi) is 6.24. The number of nitro groups is 1. The predicted octanol–water partition coefficient (Wildman–Crippen LogP) is 4.09. The topological polar surface area (TPSA) is 153 Å². The number of nitro benzene ring substituents is 1. The van der Waals surface area contributed by atoms with Crippen LogP contribution in [0.1, 0.15) is 39.2 Å². The van der Waals surface area contributed by atoms with E-state index in [1.807, 2.05) is 6.07 Å². The average molecular weight is 602 g/mol. The van der Waals surface area contributed by atoms with Crippen molar-refractivity contribution in [1.29, 1.82) is 0 Å². The maximum Gasteiger partial charge on any atom is 0.282 e. The lowest BCUT2D eigenvalue weighted by Crippen LogP contribution is -2.75. The van der Waals surface area contributed by atoms with Crippen LogP contribution in [-0.4, -0.2) is 60.0 Å². The molecule has 1 saturated heterocycles. The summed E-state index contributed by atoms with van der Waals surface area (Å²) in [5.41, 5.74) is -3.33. The monoisotopic (exact) mass is 601 g/mol. The molecule has 6 rings (SSSR count). The van der Waals surface area contributed by atoms with Crippen LogP contribution in [0, 0.1) is 10.1 Å². The first-order valence-electron chi connectivity index (χ1n) is 12.9. The van der Waals surface area contributed by atoms with Crippen LogP contribution in [0.3, 0.4) is 0 Å². The number of ether oxygens (including phenoxy) is 2. The van der Waals surface area contributed by atoms with Crippen LogP contribution in [0.4, 0.5) is 5.69 Å². The third-order valence-corrected chi connectivity index (χ3v) is 9.70. The Morgan fingerprint density at radius 3 is 2.23 bits per heavy atom. The van der Waals surface area contributed by atoms with E-state index in [-0.39, 0.29) is 27.5 Å². The molecule has 0 N–H and O–H groups in total. The fourth-order valence-corrected chi connectivity index (χ4v) is 7.67. The molecule has 3 amide bonds. The Balaban J connectivity index is 1.56. The van der Waals surface area contributed by atoms with E-state index in [9.17, 15) is 32.9 Å². The number of carbonyl (C=O) groups excluding carboxylic acids is 3. The Labute approximate surface area is 245 Å². The number of methoxy groups -OCH3 is 2. The molecule has 2 unspecified atom stereocenters. The van der Waals surface area contributed by atoms with Gasteiger partial charge in [-0.1, -0.05) is 48.5 Å². The molecule has 218 valence electrons. The molecule has 4 aromatic rings. The van der Waals surface area contributed by atoms with Crippen LogP contribution in [-0.2, 0) is 14.8 Å². The number of hydrogen-bond donors (Lipinski definition) is 0. The number of imide groups is 1. The van der Waals surface area contributed by atoms with Gasteiger partial charge >= 0.3 is 0 Å². The van der Waals surface area contributed by atoms with Crippen molar-refractivity contribution in [3.63, 3.8) is 0 Å². The largest absolute Gasteiger partial charge is 0.493 e. The summed E-state index contributed by atoms with van der Waals surface area (Å²) in [5, 5.41) is 13.1. The van der Waals surface area contributed by atoms with Gasteiger partial charge in [0.25, 0.3) is 33.4 Å². The minimum Gasteiger partial charge on any atom is -0.493 e. The number of benzene rings is 4. The van der Waals surface area contributed by atoms with Crippen LogP contribution in [0.2, 0.25) is 0 Å². The first-order chi connectivity index (χ1) is 20.5. The molecule has 1 fully saturated rings. The highest BCUT2D eigenvalue weighted by atomic mass is 32.2. The molecule has 0 aromatic heterocycles. The molecule has 2 heterocycles. The molecule has 0 radical (unpaired) electrons. The number of rotatable bonds is 7. The van der Waals surface area contributed by atoms with Gasteiger partial charge in [-0.2, -0.15) is 0 Å². The number of hydrogen-bond acceptors (Lipinski definition) is 9. The Hall–Kier alpha value is -5.30. The molecule has 0 spiro atoms. The average Bonchev–Trinajstić information content (AvgIpc) is 3.27. The maximum atomic E-state index is 14.2. The first kappa shape index (κ1) is 27.8. The van der Waals surface area contributed by atoms with E-state index < -0.39 is 55.5 Å². The number of nitrogens with zero attached hydrogens (tertiary/aromatic N) is 3. The van der Waals surface area contributed by atoms with Gasteiger partial charge in [0.15, 0.2) is 17.0 Å².